The summed E-state index contributed by atoms with van der Waals surface area (Å²) in [5.74, 6) is 0.173. The molecule has 6 heteroatoms. The summed E-state index contributed by atoms with van der Waals surface area (Å²) in [5, 5.41) is 1.01. The summed E-state index contributed by atoms with van der Waals surface area (Å²) in [5.41, 5.74) is 8.93. The first kappa shape index (κ1) is 18.2. The number of hydrogen-bond donors (Lipinski definition) is 0. The Morgan fingerprint density at radius 2 is 1.97 bits per heavy atom. The van der Waals surface area contributed by atoms with Gasteiger partial charge in [-0.2, -0.15) is 0 Å². The first-order chi connectivity index (χ1) is 14.0. The Labute approximate surface area is 174 Å². The Morgan fingerprint density at radius 1 is 1.10 bits per heavy atom. The fraction of sp³-hybridized carbons (Fsp3) is 0.304. The number of carbonyl (C=O) groups is 1. The summed E-state index contributed by atoms with van der Waals surface area (Å²) in [4.78, 5) is 29.6. The van der Waals surface area contributed by atoms with Crippen molar-refractivity contribution in [3.63, 3.8) is 0 Å². The van der Waals surface area contributed by atoms with Crippen LogP contribution in [0.1, 0.15) is 49.1 Å². The van der Waals surface area contributed by atoms with E-state index in [4.69, 9.17) is 4.99 Å². The van der Waals surface area contributed by atoms with Gasteiger partial charge in [-0.3, -0.25) is 14.8 Å². The standard InChI is InChI=1S/C23H22N4OS/c1-13-6-16(4-5-24-13)23-20-8-19-11-27(12-21-26-14(2)15(3)29-21)22(28)9-17(19)7-18(20)10-25-23/h4-8H,9-12H2,1-3H3. The average Bonchev–Trinajstić information content (AvgIpc) is 3.23. The second-order valence-electron chi connectivity index (χ2n) is 7.80. The number of fused-ring (bicyclic) bond motifs is 2. The minimum Gasteiger partial charge on any atom is -0.331 e. The molecule has 0 radical (unpaired) electrons. The number of thiazole rings is 1. The fourth-order valence-electron chi connectivity index (χ4n) is 4.08. The van der Waals surface area contributed by atoms with Gasteiger partial charge in [-0.05, 0) is 55.7 Å². The molecule has 0 atom stereocenters. The molecule has 0 unspecified atom stereocenters. The summed E-state index contributed by atoms with van der Waals surface area (Å²) in [6.07, 6.45) is 2.29. The van der Waals surface area contributed by atoms with Crippen molar-refractivity contribution in [3.05, 3.63) is 79.6 Å². The third-order valence-electron chi connectivity index (χ3n) is 5.71. The normalized spacial score (nSPS) is 15.3. The van der Waals surface area contributed by atoms with Crippen LogP contribution in [0.15, 0.2) is 35.5 Å². The third-order valence-corrected chi connectivity index (χ3v) is 6.77. The van der Waals surface area contributed by atoms with Crippen LogP contribution in [-0.4, -0.2) is 26.5 Å². The lowest BCUT2D eigenvalue weighted by atomic mass is 9.91. The van der Waals surface area contributed by atoms with E-state index < -0.39 is 0 Å². The second-order valence-corrected chi connectivity index (χ2v) is 9.09. The van der Waals surface area contributed by atoms with E-state index in [0.29, 0.717) is 26.1 Å². The molecule has 4 heterocycles. The van der Waals surface area contributed by atoms with Crippen LogP contribution in [0.3, 0.4) is 0 Å². The van der Waals surface area contributed by atoms with Gasteiger partial charge in [0.1, 0.15) is 5.01 Å². The smallest absolute Gasteiger partial charge is 0.227 e. The van der Waals surface area contributed by atoms with E-state index in [2.05, 4.69) is 35.1 Å². The lowest BCUT2D eigenvalue weighted by Crippen LogP contribution is -2.35. The number of benzene rings is 1. The van der Waals surface area contributed by atoms with Gasteiger partial charge in [-0.15, -0.1) is 11.3 Å². The quantitative estimate of drug-likeness (QED) is 0.668. The highest BCUT2D eigenvalue weighted by Gasteiger charge is 2.27. The van der Waals surface area contributed by atoms with Crippen molar-refractivity contribution in [2.45, 2.75) is 46.8 Å². The number of aromatic nitrogens is 2. The average molecular weight is 403 g/mol. The molecular weight excluding hydrogens is 380 g/mol. The number of nitrogens with zero attached hydrogens (tertiary/aromatic N) is 4. The predicted molar refractivity (Wildman–Crippen MR) is 114 cm³/mol. The minimum absolute atomic E-state index is 0.173. The van der Waals surface area contributed by atoms with E-state index in [0.717, 1.165) is 33.2 Å². The van der Waals surface area contributed by atoms with Crippen molar-refractivity contribution in [3.8, 4) is 0 Å². The van der Waals surface area contributed by atoms with E-state index in [9.17, 15) is 4.79 Å². The SMILES string of the molecule is Cc1cc(C2=NCc3cc4c(cc32)CN(Cc2nc(C)c(C)s2)C(=O)C4)ccn1. The molecule has 0 saturated carbocycles. The Hall–Kier alpha value is -2.86. The van der Waals surface area contributed by atoms with E-state index in [1.54, 1.807) is 11.3 Å². The lowest BCUT2D eigenvalue weighted by Gasteiger charge is -2.29. The van der Waals surface area contributed by atoms with Crippen LogP contribution in [0.2, 0.25) is 0 Å². The molecule has 1 amide bonds. The van der Waals surface area contributed by atoms with Crippen molar-refractivity contribution in [2.75, 3.05) is 0 Å². The third kappa shape index (κ3) is 3.27. The van der Waals surface area contributed by atoms with Gasteiger partial charge in [0.15, 0.2) is 0 Å². The van der Waals surface area contributed by atoms with Gasteiger partial charge in [-0.25, -0.2) is 4.98 Å². The Morgan fingerprint density at radius 3 is 2.72 bits per heavy atom. The summed E-state index contributed by atoms with van der Waals surface area (Å²) in [6, 6.07) is 8.52. The van der Waals surface area contributed by atoms with Gasteiger partial charge in [-0.1, -0.05) is 6.07 Å². The van der Waals surface area contributed by atoms with Crippen molar-refractivity contribution >= 4 is 23.0 Å². The molecule has 0 bridgehead atoms. The molecule has 2 aromatic heterocycles. The Kier molecular flexibility index (Phi) is 4.32. The van der Waals surface area contributed by atoms with Crippen LogP contribution in [0.4, 0.5) is 0 Å². The van der Waals surface area contributed by atoms with Crippen LogP contribution >= 0.6 is 11.3 Å². The number of hydrogen-bond acceptors (Lipinski definition) is 5. The van der Waals surface area contributed by atoms with Crippen molar-refractivity contribution in [2.24, 2.45) is 4.99 Å². The van der Waals surface area contributed by atoms with Crippen LogP contribution in [-0.2, 0) is 30.8 Å². The van der Waals surface area contributed by atoms with Crippen molar-refractivity contribution in [1.29, 1.82) is 0 Å². The fourth-order valence-corrected chi connectivity index (χ4v) is 5.02. The molecule has 29 heavy (non-hydrogen) atoms. The zero-order valence-corrected chi connectivity index (χ0v) is 17.6. The molecule has 0 spiro atoms. The minimum atomic E-state index is 0.173. The molecule has 5 rings (SSSR count). The number of aliphatic imine (C=N–C) groups is 1. The number of rotatable bonds is 3. The van der Waals surface area contributed by atoms with E-state index in [1.165, 1.54) is 21.6 Å². The molecule has 0 fully saturated rings. The van der Waals surface area contributed by atoms with Crippen LogP contribution < -0.4 is 0 Å². The highest BCUT2D eigenvalue weighted by molar-refractivity contribution is 7.11. The maximum absolute atomic E-state index is 12.7. The highest BCUT2D eigenvalue weighted by Crippen LogP contribution is 2.31. The summed E-state index contributed by atoms with van der Waals surface area (Å²) >= 11 is 1.68. The number of aryl methyl sites for hydroxylation is 3. The first-order valence-corrected chi connectivity index (χ1v) is 10.6. The molecular formula is C23H22N4OS. The van der Waals surface area contributed by atoms with Gasteiger partial charge in [0, 0.05) is 34.4 Å². The zero-order chi connectivity index (χ0) is 20.1. The molecule has 146 valence electrons. The molecule has 2 aliphatic rings. The monoisotopic (exact) mass is 402 g/mol. The topological polar surface area (TPSA) is 58.5 Å². The van der Waals surface area contributed by atoms with E-state index in [1.807, 2.05) is 31.0 Å². The zero-order valence-electron chi connectivity index (χ0n) is 16.8. The van der Waals surface area contributed by atoms with Crippen LogP contribution in [0.5, 0.6) is 0 Å². The van der Waals surface area contributed by atoms with Crippen molar-refractivity contribution < 1.29 is 4.79 Å². The Bertz CT molecular complexity index is 1160. The van der Waals surface area contributed by atoms with E-state index >= 15 is 0 Å². The summed E-state index contributed by atoms with van der Waals surface area (Å²) < 4.78 is 0. The molecule has 0 saturated heterocycles. The predicted octanol–water partition coefficient (Wildman–Crippen LogP) is 3.90. The van der Waals surface area contributed by atoms with Crippen LogP contribution in [0.25, 0.3) is 0 Å². The number of amides is 1. The number of carbonyl (C=O) groups excluding carboxylic acids is 1. The highest BCUT2D eigenvalue weighted by atomic mass is 32.1. The van der Waals surface area contributed by atoms with Gasteiger partial charge in [0.25, 0.3) is 0 Å². The molecule has 1 aromatic carbocycles. The summed E-state index contributed by atoms with van der Waals surface area (Å²) in [6.45, 7) is 7.98. The van der Waals surface area contributed by atoms with Gasteiger partial charge < -0.3 is 4.90 Å². The first-order valence-electron chi connectivity index (χ1n) is 9.81. The molecule has 0 N–H and O–H groups in total. The molecule has 2 aliphatic heterocycles. The maximum atomic E-state index is 12.7. The second kappa shape index (κ2) is 6.88. The molecule has 0 aliphatic carbocycles. The van der Waals surface area contributed by atoms with Gasteiger partial charge >= 0.3 is 0 Å². The summed E-state index contributed by atoms with van der Waals surface area (Å²) in [7, 11) is 0. The lowest BCUT2D eigenvalue weighted by molar-refractivity contribution is -0.132. The molecule has 3 aromatic rings. The Balaban J connectivity index is 1.45. The molecule has 5 nitrogen and oxygen atoms in total. The van der Waals surface area contributed by atoms with Crippen LogP contribution in [0, 0.1) is 20.8 Å². The van der Waals surface area contributed by atoms with Gasteiger partial charge in [0.2, 0.25) is 5.91 Å². The van der Waals surface area contributed by atoms with E-state index in [-0.39, 0.29) is 5.91 Å². The number of pyridine rings is 1. The van der Waals surface area contributed by atoms with Crippen molar-refractivity contribution in [1.82, 2.24) is 14.9 Å². The van der Waals surface area contributed by atoms with Gasteiger partial charge in [0.05, 0.1) is 30.9 Å². The largest absolute Gasteiger partial charge is 0.331 e. The maximum Gasteiger partial charge on any atom is 0.227 e.